The molecule has 2 rings (SSSR count). The van der Waals surface area contributed by atoms with E-state index in [1.807, 2.05) is 6.92 Å². The average Bonchev–Trinajstić information content (AvgIpc) is 2.39. The highest BCUT2D eigenvalue weighted by molar-refractivity contribution is 5.62. The van der Waals surface area contributed by atoms with Gasteiger partial charge in [0.25, 0.3) is 0 Å². The molecule has 1 fully saturated rings. The molecule has 1 aliphatic rings. The van der Waals surface area contributed by atoms with E-state index in [1.54, 1.807) is 7.11 Å². The number of rotatable bonds is 6. The van der Waals surface area contributed by atoms with Crippen LogP contribution in [0.3, 0.4) is 0 Å². The van der Waals surface area contributed by atoms with Gasteiger partial charge in [-0.1, -0.05) is 6.07 Å². The number of hydrogen-bond acceptors (Lipinski definition) is 4. The molecular weight excluding hydrogens is 252 g/mol. The number of anilines is 2. The zero-order valence-electron chi connectivity index (χ0n) is 13.1. The van der Waals surface area contributed by atoms with Crippen LogP contribution in [0.15, 0.2) is 18.2 Å². The molecule has 0 aliphatic heterocycles. The molecule has 3 atom stereocenters. The Balaban J connectivity index is 2.02. The summed E-state index contributed by atoms with van der Waals surface area (Å²) in [6, 6.07) is 6.80. The summed E-state index contributed by atoms with van der Waals surface area (Å²) >= 11 is 0. The van der Waals surface area contributed by atoms with E-state index in [2.05, 4.69) is 49.4 Å². The summed E-state index contributed by atoms with van der Waals surface area (Å²) in [6.07, 6.45) is 1.36. The first-order valence-electron chi connectivity index (χ1n) is 7.25. The largest absolute Gasteiger partial charge is 0.379 e. The molecule has 0 amide bonds. The van der Waals surface area contributed by atoms with E-state index in [0.29, 0.717) is 6.04 Å². The molecule has 20 heavy (non-hydrogen) atoms. The van der Waals surface area contributed by atoms with Gasteiger partial charge >= 0.3 is 0 Å². The summed E-state index contributed by atoms with van der Waals surface area (Å²) in [5.41, 5.74) is 3.66. The summed E-state index contributed by atoms with van der Waals surface area (Å²) in [5, 5.41) is 3.56. The highest BCUT2D eigenvalue weighted by Crippen LogP contribution is 2.31. The van der Waals surface area contributed by atoms with Gasteiger partial charge in [-0.05, 0) is 38.0 Å². The summed E-state index contributed by atoms with van der Waals surface area (Å²) in [7, 11) is 5.89. The molecule has 0 saturated heterocycles. The van der Waals surface area contributed by atoms with Crippen molar-refractivity contribution in [1.29, 1.82) is 0 Å². The van der Waals surface area contributed by atoms with E-state index in [4.69, 9.17) is 9.47 Å². The maximum atomic E-state index is 5.66. The molecular formula is C16H26N2O2. The predicted molar refractivity (Wildman–Crippen MR) is 83.7 cm³/mol. The Morgan fingerprint density at radius 1 is 1.35 bits per heavy atom. The van der Waals surface area contributed by atoms with Crippen molar-refractivity contribution in [2.75, 3.05) is 38.0 Å². The number of hydrogen-bond donors (Lipinski definition) is 1. The second-order valence-corrected chi connectivity index (χ2v) is 5.58. The molecule has 0 radical (unpaired) electrons. The van der Waals surface area contributed by atoms with Crippen molar-refractivity contribution in [3.05, 3.63) is 23.8 Å². The van der Waals surface area contributed by atoms with Crippen LogP contribution in [0.1, 0.15) is 18.9 Å². The maximum absolute atomic E-state index is 5.66. The molecule has 4 nitrogen and oxygen atoms in total. The number of ether oxygens (including phenoxy) is 2. The lowest BCUT2D eigenvalue weighted by Gasteiger charge is -2.43. The lowest BCUT2D eigenvalue weighted by atomic mass is 9.85. The third-order valence-electron chi connectivity index (χ3n) is 3.95. The lowest BCUT2D eigenvalue weighted by molar-refractivity contribution is -0.118. The van der Waals surface area contributed by atoms with E-state index in [-0.39, 0.29) is 12.2 Å². The Kier molecular flexibility index (Phi) is 4.89. The molecule has 1 aromatic carbocycles. The maximum Gasteiger partial charge on any atom is 0.103 e. The molecule has 3 unspecified atom stereocenters. The van der Waals surface area contributed by atoms with Crippen molar-refractivity contribution >= 4 is 11.4 Å². The molecule has 112 valence electrons. The summed E-state index contributed by atoms with van der Waals surface area (Å²) < 4.78 is 11.2. The van der Waals surface area contributed by atoms with Crippen LogP contribution in [0, 0.1) is 6.92 Å². The molecule has 1 aliphatic carbocycles. The van der Waals surface area contributed by atoms with Gasteiger partial charge < -0.3 is 19.7 Å². The van der Waals surface area contributed by atoms with Crippen molar-refractivity contribution in [1.82, 2.24) is 0 Å². The first-order valence-corrected chi connectivity index (χ1v) is 7.25. The van der Waals surface area contributed by atoms with E-state index in [0.717, 1.165) is 18.7 Å². The molecule has 0 spiro atoms. The predicted octanol–water partition coefficient (Wildman–Crippen LogP) is 2.67. The Morgan fingerprint density at radius 3 is 2.70 bits per heavy atom. The minimum atomic E-state index is 0.138. The molecule has 1 N–H and O–H groups in total. The average molecular weight is 278 g/mol. The van der Waals surface area contributed by atoms with Crippen molar-refractivity contribution in [2.45, 2.75) is 38.5 Å². The van der Waals surface area contributed by atoms with Crippen LogP contribution in [0.25, 0.3) is 0 Å². The Labute approximate surface area is 122 Å². The minimum absolute atomic E-state index is 0.138. The fourth-order valence-electron chi connectivity index (χ4n) is 2.81. The quantitative estimate of drug-likeness (QED) is 0.867. The standard InChI is InChI=1S/C16H26N2O2/c1-6-20-15-10-13(16(15)19-5)17-12-8-7-11(2)14(9-12)18(3)4/h7-9,13,15-17H,6,10H2,1-5H3. The number of benzene rings is 1. The normalized spacial score (nSPS) is 25.1. The molecule has 0 aromatic heterocycles. The molecule has 1 saturated carbocycles. The molecule has 0 heterocycles. The van der Waals surface area contributed by atoms with Gasteiger partial charge in [0.05, 0.1) is 12.1 Å². The number of methoxy groups -OCH3 is 1. The fraction of sp³-hybridized carbons (Fsp3) is 0.625. The number of aryl methyl sites for hydroxylation is 1. The van der Waals surface area contributed by atoms with E-state index in [9.17, 15) is 0 Å². The van der Waals surface area contributed by atoms with Crippen LogP contribution >= 0.6 is 0 Å². The van der Waals surface area contributed by atoms with E-state index < -0.39 is 0 Å². The van der Waals surface area contributed by atoms with Gasteiger partial charge in [0.15, 0.2) is 0 Å². The Hall–Kier alpha value is -1.26. The van der Waals surface area contributed by atoms with Crippen LogP contribution in [0.2, 0.25) is 0 Å². The summed E-state index contributed by atoms with van der Waals surface area (Å²) in [6.45, 7) is 4.90. The van der Waals surface area contributed by atoms with Gasteiger partial charge in [0.1, 0.15) is 6.10 Å². The van der Waals surface area contributed by atoms with E-state index in [1.165, 1.54) is 11.3 Å². The van der Waals surface area contributed by atoms with Gasteiger partial charge in [-0.15, -0.1) is 0 Å². The Bertz CT molecular complexity index is 448. The third-order valence-corrected chi connectivity index (χ3v) is 3.95. The zero-order chi connectivity index (χ0) is 14.7. The van der Waals surface area contributed by atoms with Crippen LogP contribution in [-0.2, 0) is 9.47 Å². The van der Waals surface area contributed by atoms with Crippen LogP contribution in [0.4, 0.5) is 11.4 Å². The second-order valence-electron chi connectivity index (χ2n) is 5.58. The number of nitrogens with one attached hydrogen (secondary N) is 1. The zero-order valence-corrected chi connectivity index (χ0v) is 13.1. The first kappa shape index (κ1) is 15.1. The SMILES string of the molecule is CCOC1CC(Nc2ccc(C)c(N(C)C)c2)C1OC. The third kappa shape index (κ3) is 3.07. The van der Waals surface area contributed by atoms with E-state index >= 15 is 0 Å². The monoisotopic (exact) mass is 278 g/mol. The molecule has 0 bridgehead atoms. The van der Waals surface area contributed by atoms with Gasteiger partial charge in [-0.2, -0.15) is 0 Å². The van der Waals surface area contributed by atoms with Crippen molar-refractivity contribution in [3.63, 3.8) is 0 Å². The highest BCUT2D eigenvalue weighted by atomic mass is 16.5. The first-order chi connectivity index (χ1) is 9.56. The van der Waals surface area contributed by atoms with Crippen LogP contribution in [-0.4, -0.2) is 46.1 Å². The summed E-state index contributed by atoms with van der Waals surface area (Å²) in [4.78, 5) is 2.14. The second kappa shape index (κ2) is 6.46. The van der Waals surface area contributed by atoms with Gasteiger partial charge in [-0.25, -0.2) is 0 Å². The van der Waals surface area contributed by atoms with Gasteiger partial charge in [0, 0.05) is 39.2 Å². The Morgan fingerprint density at radius 2 is 2.10 bits per heavy atom. The van der Waals surface area contributed by atoms with Crippen LogP contribution in [0.5, 0.6) is 0 Å². The van der Waals surface area contributed by atoms with Crippen molar-refractivity contribution < 1.29 is 9.47 Å². The van der Waals surface area contributed by atoms with Crippen LogP contribution < -0.4 is 10.2 Å². The van der Waals surface area contributed by atoms with Crippen molar-refractivity contribution in [3.8, 4) is 0 Å². The molecule has 1 aromatic rings. The number of nitrogens with zero attached hydrogens (tertiary/aromatic N) is 1. The topological polar surface area (TPSA) is 33.7 Å². The fourth-order valence-corrected chi connectivity index (χ4v) is 2.81. The highest BCUT2D eigenvalue weighted by Gasteiger charge is 2.42. The van der Waals surface area contributed by atoms with Gasteiger partial charge in [0.2, 0.25) is 0 Å². The van der Waals surface area contributed by atoms with Crippen molar-refractivity contribution in [2.24, 2.45) is 0 Å². The summed E-state index contributed by atoms with van der Waals surface area (Å²) in [5.74, 6) is 0. The van der Waals surface area contributed by atoms with Gasteiger partial charge in [-0.3, -0.25) is 0 Å². The smallest absolute Gasteiger partial charge is 0.103 e. The molecule has 4 heteroatoms. The lowest BCUT2D eigenvalue weighted by Crippen LogP contribution is -2.56. The minimum Gasteiger partial charge on any atom is -0.379 e.